The molecule has 0 saturated carbocycles. The Morgan fingerprint density at radius 1 is 1.11 bits per heavy atom. The van der Waals surface area contributed by atoms with Crippen LogP contribution in [-0.4, -0.2) is 35.9 Å². The van der Waals surface area contributed by atoms with Crippen LogP contribution in [-0.2, 0) is 10.8 Å². The zero-order valence-electron chi connectivity index (χ0n) is 14.1. The fourth-order valence-electron chi connectivity index (χ4n) is 2.42. The lowest BCUT2D eigenvalue weighted by atomic mass is 10.2. The molecule has 1 aromatic heterocycles. The third-order valence-electron chi connectivity index (χ3n) is 3.67. The zero-order valence-corrected chi connectivity index (χ0v) is 15.6. The molecule has 0 N–H and O–H groups in total. The van der Waals surface area contributed by atoms with Crippen molar-refractivity contribution >= 4 is 22.4 Å². The van der Waals surface area contributed by atoms with Crippen LogP contribution < -0.4 is 5.69 Å². The second-order valence-corrected chi connectivity index (χ2v) is 7.59. The first-order chi connectivity index (χ1) is 13.1. The van der Waals surface area contributed by atoms with E-state index in [0.29, 0.717) is 15.4 Å². The van der Waals surface area contributed by atoms with E-state index in [1.54, 1.807) is 0 Å². The van der Waals surface area contributed by atoms with E-state index in [1.807, 2.05) is 0 Å². The molecule has 0 spiro atoms. The molecule has 1 atom stereocenters. The minimum atomic E-state index is -4.67. The first-order valence-electron chi connectivity index (χ1n) is 7.63. The molecular formula is C16H11ClF4N4O2S. The summed E-state index contributed by atoms with van der Waals surface area (Å²) in [5.41, 5.74) is -0.963. The number of tetrazole rings is 1. The van der Waals surface area contributed by atoms with Crippen molar-refractivity contribution in [3.63, 3.8) is 0 Å². The van der Waals surface area contributed by atoms with Crippen molar-refractivity contribution in [2.45, 2.75) is 18.0 Å². The largest absolute Gasteiger partial charge is 0.400 e. The maximum absolute atomic E-state index is 14.4. The van der Waals surface area contributed by atoms with E-state index in [1.165, 1.54) is 31.2 Å². The number of benzene rings is 2. The van der Waals surface area contributed by atoms with E-state index in [-0.39, 0.29) is 10.5 Å². The molecule has 0 bridgehead atoms. The minimum absolute atomic E-state index is 0.0574. The predicted molar refractivity (Wildman–Crippen MR) is 94.0 cm³/mol. The quantitative estimate of drug-likeness (QED) is 0.591. The maximum Gasteiger partial charge on any atom is 0.400 e. The zero-order chi connectivity index (χ0) is 20.6. The Bertz CT molecular complexity index is 1110. The summed E-state index contributed by atoms with van der Waals surface area (Å²) in [7, 11) is -2.47. The molecule has 1 unspecified atom stereocenters. The Labute approximate surface area is 162 Å². The summed E-state index contributed by atoms with van der Waals surface area (Å²) in [6.07, 6.45) is -4.67. The van der Waals surface area contributed by atoms with Crippen molar-refractivity contribution in [2.24, 2.45) is 0 Å². The average molecular weight is 435 g/mol. The summed E-state index contributed by atoms with van der Waals surface area (Å²) in [5.74, 6) is -2.51. The summed E-state index contributed by atoms with van der Waals surface area (Å²) in [5, 5.41) is 7.64. The molecule has 0 radical (unpaired) electrons. The average Bonchev–Trinajstić information content (AvgIpc) is 2.95. The van der Waals surface area contributed by atoms with Gasteiger partial charge in [0.25, 0.3) is 0 Å². The molecule has 12 heteroatoms. The van der Waals surface area contributed by atoms with Gasteiger partial charge in [0.2, 0.25) is 0 Å². The lowest BCUT2D eigenvalue weighted by molar-refractivity contribution is -0.105. The third-order valence-corrected chi connectivity index (χ3v) is 5.44. The first-order valence-corrected chi connectivity index (χ1v) is 9.33. The van der Waals surface area contributed by atoms with E-state index in [2.05, 4.69) is 10.4 Å². The van der Waals surface area contributed by atoms with Crippen LogP contribution in [0.5, 0.6) is 0 Å². The maximum atomic E-state index is 14.4. The summed E-state index contributed by atoms with van der Waals surface area (Å²) in [6, 6.07) is 7.79. The van der Waals surface area contributed by atoms with Crippen LogP contribution in [0.2, 0.25) is 5.02 Å². The van der Waals surface area contributed by atoms with Crippen LogP contribution in [0.15, 0.2) is 46.1 Å². The number of aromatic nitrogens is 4. The Balaban J connectivity index is 2.07. The monoisotopic (exact) mass is 434 g/mol. The van der Waals surface area contributed by atoms with Crippen molar-refractivity contribution in [3.8, 4) is 11.4 Å². The standard InChI is InChI=1S/C16H11ClF4N4O2S/c1-9-6-12(18)13(7-14(9)28(27)8-16(19,20)21)25-15(26)24(22-23-25)11-4-2-10(17)3-5-11/h2-7H,8H2,1H3. The topological polar surface area (TPSA) is 69.8 Å². The number of halogens is 5. The molecule has 0 aliphatic rings. The molecule has 0 fully saturated rings. The fraction of sp³-hybridized carbons (Fsp3) is 0.188. The second-order valence-electron chi connectivity index (χ2n) is 5.74. The molecule has 0 aliphatic carbocycles. The first kappa shape index (κ1) is 20.2. The number of aryl methyl sites for hydroxylation is 1. The summed E-state index contributed by atoms with van der Waals surface area (Å²) in [6.45, 7) is 1.32. The van der Waals surface area contributed by atoms with E-state index in [9.17, 15) is 26.6 Å². The van der Waals surface area contributed by atoms with Crippen LogP contribution >= 0.6 is 11.6 Å². The normalized spacial score (nSPS) is 12.9. The van der Waals surface area contributed by atoms with Crippen molar-refractivity contribution in [2.75, 3.05) is 5.75 Å². The number of hydrogen-bond acceptors (Lipinski definition) is 4. The second kappa shape index (κ2) is 7.47. The SMILES string of the molecule is Cc1cc(F)c(-n2nnn(-c3ccc(Cl)cc3)c2=O)cc1S(=O)CC(F)(F)F. The molecule has 3 rings (SSSR count). The Morgan fingerprint density at radius 3 is 2.32 bits per heavy atom. The van der Waals surface area contributed by atoms with Gasteiger partial charge in [-0.1, -0.05) is 11.6 Å². The predicted octanol–water partition coefficient (Wildman–Crippen LogP) is 3.19. The fourth-order valence-corrected chi connectivity index (χ4v) is 3.66. The molecule has 2 aromatic carbocycles. The van der Waals surface area contributed by atoms with Gasteiger partial charge in [-0.15, -0.1) is 0 Å². The van der Waals surface area contributed by atoms with E-state index in [4.69, 9.17) is 11.6 Å². The van der Waals surface area contributed by atoms with Gasteiger partial charge >= 0.3 is 11.9 Å². The number of alkyl halides is 3. The highest BCUT2D eigenvalue weighted by molar-refractivity contribution is 7.85. The van der Waals surface area contributed by atoms with Crippen molar-refractivity contribution in [1.29, 1.82) is 0 Å². The summed E-state index contributed by atoms with van der Waals surface area (Å²) >= 11 is 5.78. The van der Waals surface area contributed by atoms with Crippen LogP contribution in [0.3, 0.4) is 0 Å². The van der Waals surface area contributed by atoms with Gasteiger partial charge in [-0.05, 0) is 59.3 Å². The highest BCUT2D eigenvalue weighted by Crippen LogP contribution is 2.25. The molecule has 0 saturated heterocycles. The molecule has 3 aromatic rings. The van der Waals surface area contributed by atoms with E-state index in [0.717, 1.165) is 16.8 Å². The van der Waals surface area contributed by atoms with Crippen molar-refractivity contribution in [3.05, 3.63) is 63.3 Å². The van der Waals surface area contributed by atoms with Crippen molar-refractivity contribution < 1.29 is 21.8 Å². The van der Waals surface area contributed by atoms with Gasteiger partial charge in [0.05, 0.1) is 16.5 Å². The Kier molecular flexibility index (Phi) is 5.39. The molecule has 1 heterocycles. The molecule has 6 nitrogen and oxygen atoms in total. The molecule has 148 valence electrons. The molecular weight excluding hydrogens is 424 g/mol. The molecule has 0 aliphatic heterocycles. The summed E-state index contributed by atoms with van der Waals surface area (Å²) in [4.78, 5) is 12.3. The van der Waals surface area contributed by atoms with Crippen LogP contribution in [0, 0.1) is 12.7 Å². The van der Waals surface area contributed by atoms with Gasteiger partial charge in [0.1, 0.15) is 17.3 Å². The van der Waals surface area contributed by atoms with Crippen LogP contribution in [0.4, 0.5) is 17.6 Å². The van der Waals surface area contributed by atoms with Gasteiger partial charge in [0, 0.05) is 9.92 Å². The van der Waals surface area contributed by atoms with Gasteiger partial charge in [0.15, 0.2) is 0 Å². The van der Waals surface area contributed by atoms with E-state index < -0.39 is 39.9 Å². The molecule has 0 amide bonds. The van der Waals surface area contributed by atoms with Crippen LogP contribution in [0.25, 0.3) is 11.4 Å². The highest BCUT2D eigenvalue weighted by atomic mass is 35.5. The number of hydrogen-bond donors (Lipinski definition) is 0. The van der Waals surface area contributed by atoms with Crippen molar-refractivity contribution in [1.82, 2.24) is 19.8 Å². The lowest BCUT2D eigenvalue weighted by Gasteiger charge is -2.11. The van der Waals surface area contributed by atoms with Gasteiger partial charge < -0.3 is 0 Å². The highest BCUT2D eigenvalue weighted by Gasteiger charge is 2.32. The van der Waals surface area contributed by atoms with Crippen LogP contribution in [0.1, 0.15) is 5.56 Å². The van der Waals surface area contributed by atoms with Gasteiger partial charge in [-0.3, -0.25) is 4.21 Å². The Morgan fingerprint density at radius 2 is 1.71 bits per heavy atom. The minimum Gasteiger partial charge on any atom is -0.254 e. The Hall–Kier alpha value is -2.53. The molecule has 28 heavy (non-hydrogen) atoms. The summed E-state index contributed by atoms with van der Waals surface area (Å²) < 4.78 is 65.5. The van der Waals surface area contributed by atoms with E-state index >= 15 is 0 Å². The van der Waals surface area contributed by atoms with Gasteiger partial charge in [-0.2, -0.15) is 22.5 Å². The smallest absolute Gasteiger partial charge is 0.254 e. The number of rotatable bonds is 4. The van der Waals surface area contributed by atoms with Gasteiger partial charge in [-0.25, -0.2) is 9.18 Å². The lowest BCUT2D eigenvalue weighted by Crippen LogP contribution is -2.24. The third kappa shape index (κ3) is 4.14. The number of nitrogens with zero attached hydrogens (tertiary/aromatic N) is 4.